The molecule has 7 nitrogen and oxygen atoms in total. The van der Waals surface area contributed by atoms with Crippen molar-refractivity contribution in [3.63, 3.8) is 0 Å². The molecule has 0 aliphatic carbocycles. The molecule has 0 N–H and O–H groups in total. The SMILES string of the molecule is C[n+]1[c-]n(-c2[c-]cccc2)cc1Cc1ccc2c(c1)n1c3c(-c4cc[c-]c(-c5ccccn5)c4)cccc3nc1n2-c1ccccc1.Cc1cc(-c2ccccc2)cc(C)c1-c1ccnc(-c2[c-]cccc2)c1.[Ir]. The number of para-hydroxylation sites is 3. The van der Waals surface area contributed by atoms with Crippen molar-refractivity contribution in [1.29, 1.82) is 0 Å². The van der Waals surface area contributed by atoms with E-state index in [-0.39, 0.29) is 20.1 Å². The molecule has 13 rings (SSSR count). The van der Waals surface area contributed by atoms with E-state index in [0.29, 0.717) is 0 Å². The number of aryl methyl sites for hydroxylation is 3. The van der Waals surface area contributed by atoms with Gasteiger partial charge in [0.2, 0.25) is 12.1 Å². The van der Waals surface area contributed by atoms with Gasteiger partial charge in [-0.15, -0.1) is 65.7 Å². The van der Waals surface area contributed by atoms with Crippen LogP contribution in [0.3, 0.4) is 0 Å². The van der Waals surface area contributed by atoms with E-state index in [2.05, 4.69) is 195 Å². The second kappa shape index (κ2) is 20.7. The Morgan fingerprint density at radius 3 is 2.04 bits per heavy atom. The minimum atomic E-state index is 0. The Labute approximate surface area is 444 Å². The zero-order chi connectivity index (χ0) is 49.3. The van der Waals surface area contributed by atoms with E-state index in [9.17, 15) is 0 Å². The summed E-state index contributed by atoms with van der Waals surface area (Å²) in [6, 6.07) is 81.0. The van der Waals surface area contributed by atoms with Crippen molar-refractivity contribution in [3.8, 4) is 67.3 Å². The smallest absolute Gasteiger partial charge is 0.241 e. The molecule has 0 saturated heterocycles. The van der Waals surface area contributed by atoms with Crippen LogP contribution in [0.15, 0.2) is 225 Å². The third kappa shape index (κ3) is 9.29. The van der Waals surface area contributed by atoms with Crippen molar-refractivity contribution >= 4 is 27.8 Å². The molecule has 1 radical (unpaired) electrons. The maximum absolute atomic E-state index is 5.25. The zero-order valence-electron chi connectivity index (χ0n) is 41.0. The van der Waals surface area contributed by atoms with Crippen LogP contribution in [0.25, 0.3) is 95.1 Å². The molecule has 8 heteroatoms. The monoisotopic (exact) mass is 1130 g/mol. The van der Waals surface area contributed by atoms with Crippen LogP contribution in [0, 0.1) is 38.4 Å². The summed E-state index contributed by atoms with van der Waals surface area (Å²) in [5.74, 6) is 0.878. The fourth-order valence-electron chi connectivity index (χ4n) is 10.0. The Kier molecular flexibility index (Phi) is 13.3. The Balaban J connectivity index is 0.000000185. The average Bonchev–Trinajstić information content (AvgIpc) is 4.13. The molecule has 8 aromatic carbocycles. The predicted molar refractivity (Wildman–Crippen MR) is 293 cm³/mol. The van der Waals surface area contributed by atoms with Gasteiger partial charge in [-0.3, -0.25) is 8.97 Å². The van der Waals surface area contributed by atoms with Gasteiger partial charge < -0.3 is 19.1 Å². The van der Waals surface area contributed by atoms with Gasteiger partial charge in [0.1, 0.15) is 0 Å². The first kappa shape index (κ1) is 47.5. The molecular weight excluding hydrogens is 1080 g/mol. The third-order valence-corrected chi connectivity index (χ3v) is 13.4. The molecule has 5 heterocycles. The summed E-state index contributed by atoms with van der Waals surface area (Å²) in [5.41, 5.74) is 22.2. The molecule has 0 fully saturated rings. The second-order valence-corrected chi connectivity index (χ2v) is 18.3. The molecular formula is C66H48IrN7-3. The van der Waals surface area contributed by atoms with Crippen molar-refractivity contribution in [3.05, 3.63) is 272 Å². The fourth-order valence-corrected chi connectivity index (χ4v) is 10.0. The fraction of sp³-hybridized carbons (Fsp3) is 0.0606. The van der Waals surface area contributed by atoms with Gasteiger partial charge in [0.15, 0.2) is 0 Å². The zero-order valence-corrected chi connectivity index (χ0v) is 43.4. The summed E-state index contributed by atoms with van der Waals surface area (Å²) in [5, 5.41) is 0. The molecule has 0 saturated carbocycles. The third-order valence-electron chi connectivity index (χ3n) is 13.4. The molecule has 0 amide bonds. The van der Waals surface area contributed by atoms with E-state index >= 15 is 0 Å². The Morgan fingerprint density at radius 1 is 0.541 bits per heavy atom. The van der Waals surface area contributed by atoms with Crippen LogP contribution in [0.4, 0.5) is 0 Å². The molecule has 0 aliphatic rings. The Morgan fingerprint density at radius 2 is 1.28 bits per heavy atom. The maximum atomic E-state index is 5.25. The van der Waals surface area contributed by atoms with Gasteiger partial charge in [-0.1, -0.05) is 108 Å². The van der Waals surface area contributed by atoms with Crippen LogP contribution >= 0.6 is 0 Å². The molecule has 359 valence electrons. The molecule has 74 heavy (non-hydrogen) atoms. The first-order valence-corrected chi connectivity index (χ1v) is 24.4. The molecule has 0 atom stereocenters. The quantitative estimate of drug-likeness (QED) is 0.107. The minimum Gasteiger partial charge on any atom is -0.348 e. The molecule has 13 aromatic rings. The first-order chi connectivity index (χ1) is 35.9. The summed E-state index contributed by atoms with van der Waals surface area (Å²) >= 11 is 0. The van der Waals surface area contributed by atoms with E-state index < -0.39 is 0 Å². The van der Waals surface area contributed by atoms with Crippen molar-refractivity contribution in [2.24, 2.45) is 7.05 Å². The van der Waals surface area contributed by atoms with Crippen molar-refractivity contribution < 1.29 is 24.7 Å². The number of rotatable bonds is 9. The van der Waals surface area contributed by atoms with Crippen molar-refractivity contribution in [1.82, 2.24) is 28.5 Å². The van der Waals surface area contributed by atoms with Gasteiger partial charge in [0.25, 0.3) is 0 Å². The summed E-state index contributed by atoms with van der Waals surface area (Å²) < 4.78 is 8.65. The van der Waals surface area contributed by atoms with Crippen LogP contribution in [0.1, 0.15) is 22.4 Å². The van der Waals surface area contributed by atoms with Gasteiger partial charge in [-0.25, -0.2) is 4.98 Å². The maximum Gasteiger partial charge on any atom is 0.241 e. The van der Waals surface area contributed by atoms with Crippen LogP contribution in [-0.2, 0) is 33.6 Å². The number of nitrogens with zero attached hydrogens (tertiary/aromatic N) is 7. The summed E-state index contributed by atoms with van der Waals surface area (Å²) in [7, 11) is 2.05. The van der Waals surface area contributed by atoms with Crippen LogP contribution in [-0.4, -0.2) is 28.5 Å². The molecule has 0 bridgehead atoms. The first-order valence-electron chi connectivity index (χ1n) is 24.4. The van der Waals surface area contributed by atoms with Gasteiger partial charge in [0, 0.05) is 50.1 Å². The topological polar surface area (TPSA) is 56.8 Å². The molecule has 0 unspecified atom stereocenters. The standard InChI is InChI=1S/C41H28N6.C25H20N.Ir/c1-44-28-45(32-14-4-2-5-15-32)27-34(44)24-29-21-22-38-39(25-29)47-40-35(30-12-10-13-31(26-30)36-19-8-9-23-42-36)18-11-20-37(40)43-41(47)46(38)33-16-6-3-7-17-33;1-18-15-23(20-9-5-3-6-10-20)16-19(2)25(18)22-13-14-26-24(17-22)21-11-7-4-8-12-21;/h2-12,14,16-23,25-27H,24H2,1H3;3-11,13-17H,1-2H3;/q-2;-1;. The van der Waals surface area contributed by atoms with E-state index in [1.165, 1.54) is 38.9 Å². The number of pyridine rings is 2. The van der Waals surface area contributed by atoms with Crippen molar-refractivity contribution in [2.45, 2.75) is 20.3 Å². The molecule has 0 spiro atoms. The van der Waals surface area contributed by atoms with E-state index in [0.717, 1.165) is 85.0 Å². The molecule has 5 aromatic heterocycles. The summed E-state index contributed by atoms with van der Waals surface area (Å²) in [6.45, 7) is 4.37. The van der Waals surface area contributed by atoms with Crippen LogP contribution in [0.5, 0.6) is 0 Å². The van der Waals surface area contributed by atoms with Gasteiger partial charge in [-0.2, -0.15) is 30.3 Å². The van der Waals surface area contributed by atoms with Gasteiger partial charge >= 0.3 is 0 Å². The predicted octanol–water partition coefficient (Wildman–Crippen LogP) is 14.3. The summed E-state index contributed by atoms with van der Waals surface area (Å²) in [6.07, 6.45) is 10.0. The number of hydrogen-bond donors (Lipinski definition) is 0. The Bertz CT molecular complexity index is 4050. The largest absolute Gasteiger partial charge is 0.348 e. The number of benzene rings is 8. The number of hydrogen-bond acceptors (Lipinski definition) is 3. The van der Waals surface area contributed by atoms with E-state index in [4.69, 9.17) is 4.98 Å². The number of aromatic nitrogens is 7. The van der Waals surface area contributed by atoms with Gasteiger partial charge in [-0.05, 0) is 119 Å². The summed E-state index contributed by atoms with van der Waals surface area (Å²) in [4.78, 5) is 14.4. The molecule has 0 aliphatic heterocycles. The second-order valence-electron chi connectivity index (χ2n) is 18.3. The normalized spacial score (nSPS) is 11.1. The average molecular weight is 1130 g/mol. The van der Waals surface area contributed by atoms with Crippen LogP contribution < -0.4 is 4.57 Å². The van der Waals surface area contributed by atoms with Gasteiger partial charge in [0.05, 0.1) is 29.1 Å². The van der Waals surface area contributed by atoms with Crippen molar-refractivity contribution in [2.75, 3.05) is 0 Å². The van der Waals surface area contributed by atoms with Crippen LogP contribution in [0.2, 0.25) is 0 Å². The number of fused-ring (bicyclic) bond motifs is 5. The minimum absolute atomic E-state index is 0. The Hall–Kier alpha value is -8.81. The number of imidazole rings is 3. The van der Waals surface area contributed by atoms with E-state index in [1.54, 1.807) is 0 Å². The van der Waals surface area contributed by atoms with E-state index in [1.807, 2.05) is 103 Å².